The summed E-state index contributed by atoms with van der Waals surface area (Å²) in [5.74, 6) is 1.02. The zero-order chi connectivity index (χ0) is 19.3. The number of aliphatic hydroxyl groups is 1. The number of para-hydroxylation sites is 1. The lowest BCUT2D eigenvalue weighted by Crippen LogP contribution is -2.57. The number of hydrogen-bond acceptors (Lipinski definition) is 6. The average molecular weight is 391 g/mol. The van der Waals surface area contributed by atoms with Crippen molar-refractivity contribution in [2.45, 2.75) is 31.5 Å². The van der Waals surface area contributed by atoms with Crippen molar-refractivity contribution in [1.82, 2.24) is 10.2 Å². The lowest BCUT2D eigenvalue weighted by molar-refractivity contribution is -0.157. The second kappa shape index (κ2) is 8.73. The quantitative estimate of drug-likeness (QED) is 0.724. The largest absolute Gasteiger partial charge is 0.493 e. The van der Waals surface area contributed by atoms with Crippen LogP contribution < -0.4 is 14.8 Å². The summed E-state index contributed by atoms with van der Waals surface area (Å²) in [6, 6.07) is 9.64. The summed E-state index contributed by atoms with van der Waals surface area (Å²) in [7, 11) is 3.18. The summed E-state index contributed by atoms with van der Waals surface area (Å²) < 4.78 is 10.8. The molecule has 1 fully saturated rings. The molecule has 1 aromatic carbocycles. The van der Waals surface area contributed by atoms with E-state index in [0.717, 1.165) is 12.0 Å². The van der Waals surface area contributed by atoms with Gasteiger partial charge in [0.15, 0.2) is 17.1 Å². The molecule has 1 aromatic heterocycles. The third-order valence-corrected chi connectivity index (χ3v) is 5.72. The molecule has 1 aliphatic heterocycles. The van der Waals surface area contributed by atoms with E-state index in [-0.39, 0.29) is 12.5 Å². The van der Waals surface area contributed by atoms with Crippen LogP contribution in [0, 0.1) is 0 Å². The van der Waals surface area contributed by atoms with Gasteiger partial charge in [-0.2, -0.15) is 0 Å². The average Bonchev–Trinajstić information content (AvgIpc) is 3.19. The van der Waals surface area contributed by atoms with Crippen molar-refractivity contribution >= 4 is 17.2 Å². The van der Waals surface area contributed by atoms with Crippen LogP contribution in [-0.2, 0) is 17.9 Å². The van der Waals surface area contributed by atoms with Crippen LogP contribution in [0.1, 0.15) is 23.3 Å². The number of nitrogens with one attached hydrogen (secondary N) is 1. The molecule has 6 nitrogen and oxygen atoms in total. The molecule has 2 aromatic rings. The number of amides is 1. The van der Waals surface area contributed by atoms with Crippen LogP contribution in [0.2, 0.25) is 0 Å². The van der Waals surface area contributed by atoms with E-state index in [1.807, 2.05) is 35.7 Å². The molecule has 0 saturated carbocycles. The van der Waals surface area contributed by atoms with E-state index in [2.05, 4.69) is 5.32 Å². The minimum atomic E-state index is -1.37. The zero-order valence-corrected chi connectivity index (χ0v) is 16.6. The van der Waals surface area contributed by atoms with Gasteiger partial charge in [-0.25, -0.2) is 0 Å². The van der Waals surface area contributed by atoms with Crippen molar-refractivity contribution in [2.75, 3.05) is 27.3 Å². The number of ether oxygens (including phenoxy) is 2. The number of nitrogens with zero attached hydrogens (tertiary/aromatic N) is 1. The standard InChI is InChI=1S/C20H26N2O4S/c1-25-17-8-3-6-15(18(17)26-2)13-22-10-5-9-20(24,19(22)23)14-21-12-16-7-4-11-27-16/h3-4,6-8,11,21,24H,5,9-10,12-14H2,1-2H3/t20-/m1/s1. The molecule has 146 valence electrons. The van der Waals surface area contributed by atoms with Crippen LogP contribution in [0.25, 0.3) is 0 Å². The molecule has 1 atom stereocenters. The van der Waals surface area contributed by atoms with Gasteiger partial charge < -0.3 is 24.8 Å². The molecule has 1 aliphatic rings. The Morgan fingerprint density at radius 1 is 1.26 bits per heavy atom. The van der Waals surface area contributed by atoms with Crippen molar-refractivity contribution in [2.24, 2.45) is 0 Å². The van der Waals surface area contributed by atoms with Gasteiger partial charge in [-0.15, -0.1) is 11.3 Å². The second-order valence-corrected chi connectivity index (χ2v) is 7.73. The van der Waals surface area contributed by atoms with Crippen molar-refractivity contribution in [3.05, 3.63) is 46.2 Å². The fraction of sp³-hybridized carbons (Fsp3) is 0.450. The molecule has 0 unspecified atom stereocenters. The van der Waals surface area contributed by atoms with Crippen LogP contribution in [0.5, 0.6) is 11.5 Å². The van der Waals surface area contributed by atoms with Crippen LogP contribution >= 0.6 is 11.3 Å². The number of rotatable bonds is 8. The number of methoxy groups -OCH3 is 2. The maximum Gasteiger partial charge on any atom is 0.256 e. The summed E-state index contributed by atoms with van der Waals surface area (Å²) >= 11 is 1.65. The molecule has 1 saturated heterocycles. The highest BCUT2D eigenvalue weighted by molar-refractivity contribution is 7.09. The molecule has 0 aliphatic carbocycles. The highest BCUT2D eigenvalue weighted by atomic mass is 32.1. The SMILES string of the molecule is COc1cccc(CN2CCC[C@@](O)(CNCc3cccs3)C2=O)c1OC. The van der Waals surface area contributed by atoms with E-state index in [1.54, 1.807) is 30.5 Å². The van der Waals surface area contributed by atoms with E-state index in [0.29, 0.717) is 37.6 Å². The highest BCUT2D eigenvalue weighted by Crippen LogP contribution is 2.33. The molecule has 0 bridgehead atoms. The Labute approximate surface area is 163 Å². The van der Waals surface area contributed by atoms with Gasteiger partial charge >= 0.3 is 0 Å². The zero-order valence-electron chi connectivity index (χ0n) is 15.7. The smallest absolute Gasteiger partial charge is 0.256 e. The molecule has 2 heterocycles. The molecule has 1 amide bonds. The number of carbonyl (C=O) groups is 1. The van der Waals surface area contributed by atoms with E-state index < -0.39 is 5.60 Å². The number of likely N-dealkylation sites (tertiary alicyclic amines) is 1. The number of carbonyl (C=O) groups excluding carboxylic acids is 1. The van der Waals surface area contributed by atoms with Crippen LogP contribution in [0.4, 0.5) is 0 Å². The van der Waals surface area contributed by atoms with E-state index in [9.17, 15) is 9.90 Å². The van der Waals surface area contributed by atoms with Gasteiger partial charge in [-0.3, -0.25) is 4.79 Å². The van der Waals surface area contributed by atoms with Crippen LogP contribution in [0.3, 0.4) is 0 Å². The Morgan fingerprint density at radius 3 is 2.81 bits per heavy atom. The maximum absolute atomic E-state index is 13.0. The summed E-state index contributed by atoms with van der Waals surface area (Å²) in [5.41, 5.74) is -0.511. The molecular weight excluding hydrogens is 364 g/mol. The van der Waals surface area contributed by atoms with Gasteiger partial charge in [0.2, 0.25) is 0 Å². The molecular formula is C20H26N2O4S. The Balaban J connectivity index is 1.67. The first-order chi connectivity index (χ1) is 13.1. The van der Waals surface area contributed by atoms with Gasteiger partial charge in [0, 0.05) is 36.6 Å². The molecule has 27 heavy (non-hydrogen) atoms. The number of benzene rings is 1. The van der Waals surface area contributed by atoms with Crippen molar-refractivity contribution in [3.8, 4) is 11.5 Å². The van der Waals surface area contributed by atoms with Gasteiger partial charge in [0.1, 0.15) is 0 Å². The summed E-state index contributed by atoms with van der Waals surface area (Å²) in [5, 5.41) is 16.2. The molecule has 0 spiro atoms. The van der Waals surface area contributed by atoms with Crippen molar-refractivity contribution in [1.29, 1.82) is 0 Å². The third kappa shape index (κ3) is 4.43. The minimum absolute atomic E-state index is 0.239. The maximum atomic E-state index is 13.0. The topological polar surface area (TPSA) is 71.0 Å². The first kappa shape index (κ1) is 19.7. The summed E-state index contributed by atoms with van der Waals surface area (Å²) in [6.07, 6.45) is 1.23. The van der Waals surface area contributed by atoms with Crippen molar-refractivity contribution < 1.29 is 19.4 Å². The predicted molar refractivity (Wildman–Crippen MR) is 105 cm³/mol. The first-order valence-corrected chi connectivity index (χ1v) is 9.90. The normalized spacial score (nSPS) is 20.0. The molecule has 2 N–H and O–H groups in total. The minimum Gasteiger partial charge on any atom is -0.493 e. The molecule has 0 radical (unpaired) electrons. The lowest BCUT2D eigenvalue weighted by atomic mass is 9.91. The van der Waals surface area contributed by atoms with Crippen LogP contribution in [-0.4, -0.2) is 48.8 Å². The lowest BCUT2D eigenvalue weighted by Gasteiger charge is -2.38. The molecule has 7 heteroatoms. The first-order valence-electron chi connectivity index (χ1n) is 9.02. The fourth-order valence-electron chi connectivity index (χ4n) is 3.47. The van der Waals surface area contributed by atoms with Crippen molar-refractivity contribution in [3.63, 3.8) is 0 Å². The van der Waals surface area contributed by atoms with Gasteiger partial charge in [0.05, 0.1) is 14.2 Å². The van der Waals surface area contributed by atoms with E-state index in [1.165, 1.54) is 4.88 Å². The Bertz CT molecular complexity index is 765. The predicted octanol–water partition coefficient (Wildman–Crippen LogP) is 2.41. The Kier molecular flexibility index (Phi) is 6.36. The monoisotopic (exact) mass is 390 g/mol. The number of thiophene rings is 1. The summed E-state index contributed by atoms with van der Waals surface area (Å²) in [4.78, 5) is 15.8. The number of hydrogen-bond donors (Lipinski definition) is 2. The second-order valence-electron chi connectivity index (χ2n) is 6.70. The van der Waals surface area contributed by atoms with E-state index >= 15 is 0 Å². The summed E-state index contributed by atoms with van der Waals surface area (Å²) in [6.45, 7) is 1.89. The third-order valence-electron chi connectivity index (χ3n) is 4.85. The Morgan fingerprint density at radius 2 is 2.11 bits per heavy atom. The van der Waals surface area contributed by atoms with Gasteiger partial charge in [0.25, 0.3) is 5.91 Å². The Hall–Kier alpha value is -2.09. The molecule has 3 rings (SSSR count). The van der Waals surface area contributed by atoms with E-state index in [4.69, 9.17) is 9.47 Å². The van der Waals surface area contributed by atoms with Gasteiger partial charge in [-0.1, -0.05) is 18.2 Å². The van der Waals surface area contributed by atoms with Crippen LogP contribution in [0.15, 0.2) is 35.7 Å². The van der Waals surface area contributed by atoms with Gasteiger partial charge in [-0.05, 0) is 30.4 Å². The number of piperidine rings is 1. The fourth-order valence-corrected chi connectivity index (χ4v) is 4.14. The highest BCUT2D eigenvalue weighted by Gasteiger charge is 2.42.